The molecule has 1 aromatic carbocycles. The molecule has 2 fully saturated rings. The van der Waals surface area contributed by atoms with Crippen LogP contribution in [0.4, 0.5) is 17.1 Å². The number of nitrogens with one attached hydrogen (secondary N) is 2. The number of rotatable bonds is 6. The molecule has 0 bridgehead atoms. The van der Waals surface area contributed by atoms with Gasteiger partial charge in [0.25, 0.3) is 5.91 Å². The predicted molar refractivity (Wildman–Crippen MR) is 125 cm³/mol. The van der Waals surface area contributed by atoms with Crippen LogP contribution < -0.4 is 14.9 Å². The minimum absolute atomic E-state index is 0.163. The maximum Gasteiger partial charge on any atom is 0.257 e. The SMILES string of the molecule is CC[S+]([O-])Nc1ccc(C(=O)Nc2cnn3ccccc23)c(N2CCC3(CC2)CC3)c1. The Morgan fingerprint density at radius 3 is 2.74 bits per heavy atom. The molecule has 8 heteroatoms. The second-order valence-corrected chi connectivity index (χ2v) is 9.97. The number of fused-ring (bicyclic) bond motifs is 1. The molecule has 5 rings (SSSR count). The smallest absolute Gasteiger partial charge is 0.257 e. The molecule has 31 heavy (non-hydrogen) atoms. The Labute approximate surface area is 185 Å². The first-order valence-corrected chi connectivity index (χ1v) is 12.2. The molecule has 0 radical (unpaired) electrons. The molecule has 2 aromatic heterocycles. The fraction of sp³-hybridized carbons (Fsp3) is 0.391. The summed E-state index contributed by atoms with van der Waals surface area (Å²) in [6, 6.07) is 11.4. The van der Waals surface area contributed by atoms with E-state index in [1.807, 2.05) is 49.5 Å². The van der Waals surface area contributed by atoms with E-state index in [1.54, 1.807) is 10.7 Å². The van der Waals surface area contributed by atoms with Crippen molar-refractivity contribution in [3.8, 4) is 0 Å². The Morgan fingerprint density at radius 1 is 1.19 bits per heavy atom. The highest BCUT2D eigenvalue weighted by atomic mass is 32.2. The first-order chi connectivity index (χ1) is 15.1. The molecule has 1 amide bonds. The minimum Gasteiger partial charge on any atom is -0.593 e. The molecule has 3 aromatic rings. The van der Waals surface area contributed by atoms with E-state index in [9.17, 15) is 9.35 Å². The summed E-state index contributed by atoms with van der Waals surface area (Å²) < 4.78 is 16.8. The van der Waals surface area contributed by atoms with Crippen LogP contribution in [0.2, 0.25) is 0 Å². The Hall–Kier alpha value is -2.71. The van der Waals surface area contributed by atoms with E-state index >= 15 is 0 Å². The molecule has 2 N–H and O–H groups in total. The number of aromatic nitrogens is 2. The zero-order chi connectivity index (χ0) is 21.4. The molecule has 1 atom stereocenters. The molecule has 162 valence electrons. The van der Waals surface area contributed by atoms with Gasteiger partial charge in [-0.05, 0) is 68.4 Å². The van der Waals surface area contributed by atoms with E-state index in [0.717, 1.165) is 30.0 Å². The minimum atomic E-state index is -1.13. The monoisotopic (exact) mass is 437 g/mol. The normalized spacial score (nSPS) is 18.2. The third-order valence-corrected chi connectivity index (χ3v) is 7.52. The van der Waals surface area contributed by atoms with E-state index in [4.69, 9.17) is 0 Å². The summed E-state index contributed by atoms with van der Waals surface area (Å²) in [5, 5.41) is 7.34. The first kappa shape index (κ1) is 20.2. The standard InChI is InChI=1S/C23H27N5O2S/c1-2-31(30)26-17-6-7-18(21(15-17)27-13-10-23(8-9-23)11-14-27)22(29)25-19-16-24-28-12-4-3-5-20(19)28/h3-7,12,15-16,26H,2,8-11,13-14H2,1H3,(H,25,29). The van der Waals surface area contributed by atoms with Crippen LogP contribution in [0.15, 0.2) is 48.8 Å². The highest BCUT2D eigenvalue weighted by molar-refractivity contribution is 7.92. The molecular formula is C23H27N5O2S. The average Bonchev–Trinajstić information content (AvgIpc) is 3.43. The van der Waals surface area contributed by atoms with Gasteiger partial charge >= 0.3 is 0 Å². The molecular weight excluding hydrogens is 410 g/mol. The van der Waals surface area contributed by atoms with Crippen molar-refractivity contribution < 1.29 is 9.35 Å². The van der Waals surface area contributed by atoms with Gasteiger partial charge in [0.2, 0.25) is 0 Å². The number of carbonyl (C=O) groups excluding carboxylic acids is 1. The van der Waals surface area contributed by atoms with Gasteiger partial charge in [0.1, 0.15) is 5.75 Å². The summed E-state index contributed by atoms with van der Waals surface area (Å²) in [5.41, 5.74) is 4.37. The second-order valence-electron chi connectivity index (χ2n) is 8.50. The Bertz CT molecular complexity index is 1100. The summed E-state index contributed by atoms with van der Waals surface area (Å²) in [7, 11) is 0. The van der Waals surface area contributed by atoms with Crippen molar-refractivity contribution in [1.82, 2.24) is 9.61 Å². The fourth-order valence-electron chi connectivity index (χ4n) is 4.37. The van der Waals surface area contributed by atoms with Gasteiger partial charge in [0.05, 0.1) is 45.7 Å². The maximum absolute atomic E-state index is 13.3. The Balaban J connectivity index is 1.43. The van der Waals surface area contributed by atoms with Crippen molar-refractivity contribution in [1.29, 1.82) is 0 Å². The van der Waals surface area contributed by atoms with Crippen molar-refractivity contribution in [2.24, 2.45) is 5.41 Å². The average molecular weight is 438 g/mol. The zero-order valence-electron chi connectivity index (χ0n) is 17.6. The topological polar surface area (TPSA) is 84.7 Å². The van der Waals surface area contributed by atoms with Crippen LogP contribution >= 0.6 is 0 Å². The second kappa shape index (κ2) is 8.09. The third-order valence-electron chi connectivity index (χ3n) is 6.53. The van der Waals surface area contributed by atoms with E-state index in [2.05, 4.69) is 20.0 Å². The fourth-order valence-corrected chi connectivity index (χ4v) is 4.91. The lowest BCUT2D eigenvalue weighted by Gasteiger charge is -2.35. The molecule has 1 aliphatic carbocycles. The number of pyridine rings is 1. The number of nitrogens with zero attached hydrogens (tertiary/aromatic N) is 3. The van der Waals surface area contributed by atoms with Crippen molar-refractivity contribution in [2.45, 2.75) is 32.6 Å². The quantitative estimate of drug-likeness (QED) is 0.568. The Morgan fingerprint density at radius 2 is 2.00 bits per heavy atom. The van der Waals surface area contributed by atoms with Crippen LogP contribution in [0.25, 0.3) is 5.52 Å². The van der Waals surface area contributed by atoms with Gasteiger partial charge in [-0.1, -0.05) is 6.07 Å². The van der Waals surface area contributed by atoms with Crippen LogP contribution in [0, 0.1) is 5.41 Å². The molecule has 1 spiro atoms. The largest absolute Gasteiger partial charge is 0.593 e. The molecule has 2 aliphatic rings. The summed E-state index contributed by atoms with van der Waals surface area (Å²) in [6.07, 6.45) is 8.53. The first-order valence-electron chi connectivity index (χ1n) is 10.8. The number of hydrogen-bond donors (Lipinski definition) is 2. The number of hydrogen-bond acceptors (Lipinski definition) is 5. The van der Waals surface area contributed by atoms with Crippen molar-refractivity contribution in [3.05, 3.63) is 54.4 Å². The lowest BCUT2D eigenvalue weighted by Crippen LogP contribution is -2.35. The van der Waals surface area contributed by atoms with E-state index < -0.39 is 11.4 Å². The van der Waals surface area contributed by atoms with E-state index in [0.29, 0.717) is 22.4 Å². The number of carbonyl (C=O) groups is 1. The third kappa shape index (κ3) is 4.09. The van der Waals surface area contributed by atoms with Crippen molar-refractivity contribution >= 4 is 39.8 Å². The van der Waals surface area contributed by atoms with Crippen molar-refractivity contribution in [2.75, 3.05) is 33.8 Å². The lowest BCUT2D eigenvalue weighted by atomic mass is 9.93. The van der Waals surface area contributed by atoms with Gasteiger partial charge in [-0.15, -0.1) is 0 Å². The van der Waals surface area contributed by atoms with E-state index in [-0.39, 0.29) is 5.91 Å². The van der Waals surface area contributed by atoms with Crippen LogP contribution in [-0.4, -0.2) is 38.9 Å². The van der Waals surface area contributed by atoms with Gasteiger partial charge in [-0.2, -0.15) is 5.10 Å². The molecule has 3 heterocycles. The van der Waals surface area contributed by atoms with Crippen LogP contribution in [0.5, 0.6) is 0 Å². The van der Waals surface area contributed by atoms with Crippen LogP contribution in [-0.2, 0) is 11.4 Å². The number of benzene rings is 1. The highest BCUT2D eigenvalue weighted by Gasteiger charge is 2.44. The highest BCUT2D eigenvalue weighted by Crippen LogP contribution is 2.54. The predicted octanol–water partition coefficient (Wildman–Crippen LogP) is 4.06. The summed E-state index contributed by atoms with van der Waals surface area (Å²) >= 11 is -1.13. The number of piperidine rings is 1. The zero-order valence-corrected chi connectivity index (χ0v) is 18.5. The van der Waals surface area contributed by atoms with Crippen LogP contribution in [0.1, 0.15) is 43.0 Å². The Kier molecular flexibility index (Phi) is 5.27. The molecule has 7 nitrogen and oxygen atoms in total. The number of anilines is 3. The molecule has 1 aliphatic heterocycles. The molecule has 1 saturated carbocycles. The maximum atomic E-state index is 13.3. The van der Waals surface area contributed by atoms with Gasteiger partial charge in [0, 0.05) is 19.3 Å². The van der Waals surface area contributed by atoms with E-state index in [1.165, 1.54) is 25.7 Å². The molecule has 1 saturated heterocycles. The van der Waals surface area contributed by atoms with Gasteiger partial charge in [0.15, 0.2) is 0 Å². The number of amides is 1. The molecule has 1 unspecified atom stereocenters. The van der Waals surface area contributed by atoms with Crippen LogP contribution in [0.3, 0.4) is 0 Å². The summed E-state index contributed by atoms with van der Waals surface area (Å²) in [6.45, 7) is 3.76. The van der Waals surface area contributed by atoms with Crippen molar-refractivity contribution in [3.63, 3.8) is 0 Å². The summed E-state index contributed by atoms with van der Waals surface area (Å²) in [5.74, 6) is 0.363. The van der Waals surface area contributed by atoms with Gasteiger partial charge < -0.3 is 14.8 Å². The summed E-state index contributed by atoms with van der Waals surface area (Å²) in [4.78, 5) is 15.6. The van der Waals surface area contributed by atoms with Gasteiger partial charge in [-0.25, -0.2) is 9.24 Å². The lowest BCUT2D eigenvalue weighted by molar-refractivity contribution is 0.102. The van der Waals surface area contributed by atoms with Gasteiger partial charge in [-0.3, -0.25) is 4.79 Å².